The first kappa shape index (κ1) is 14.0. The average molecular weight is 275 g/mol. The van der Waals surface area contributed by atoms with Crippen LogP contribution in [-0.4, -0.2) is 32.4 Å². The molecular formula is C14H17N3O3. The predicted octanol–water partition coefficient (Wildman–Crippen LogP) is 2.32. The molecule has 0 amide bonds. The van der Waals surface area contributed by atoms with Crippen molar-refractivity contribution < 1.29 is 14.6 Å². The quantitative estimate of drug-likeness (QED) is 0.875. The van der Waals surface area contributed by atoms with Crippen LogP contribution in [0.2, 0.25) is 0 Å². The fourth-order valence-electron chi connectivity index (χ4n) is 1.90. The van der Waals surface area contributed by atoms with E-state index in [1.54, 1.807) is 4.68 Å². The summed E-state index contributed by atoms with van der Waals surface area (Å²) in [6, 6.07) is 7.37. The normalized spacial score (nSPS) is 10.5. The van der Waals surface area contributed by atoms with Gasteiger partial charge in [0.25, 0.3) is 5.82 Å². The van der Waals surface area contributed by atoms with Crippen molar-refractivity contribution in [3.05, 3.63) is 35.9 Å². The van der Waals surface area contributed by atoms with Crippen LogP contribution in [0.4, 0.5) is 0 Å². The van der Waals surface area contributed by atoms with E-state index in [0.717, 1.165) is 17.9 Å². The van der Waals surface area contributed by atoms with E-state index in [0.29, 0.717) is 18.9 Å². The van der Waals surface area contributed by atoms with Gasteiger partial charge in [-0.25, -0.2) is 14.5 Å². The predicted molar refractivity (Wildman–Crippen MR) is 73.5 cm³/mol. The van der Waals surface area contributed by atoms with Crippen molar-refractivity contribution in [2.75, 3.05) is 6.61 Å². The summed E-state index contributed by atoms with van der Waals surface area (Å²) >= 11 is 0. The van der Waals surface area contributed by atoms with E-state index in [1.807, 2.05) is 38.1 Å². The Balaban J connectivity index is 2.44. The average Bonchev–Trinajstić information content (AvgIpc) is 2.84. The molecule has 0 radical (unpaired) electrons. The van der Waals surface area contributed by atoms with E-state index in [1.165, 1.54) is 0 Å². The highest BCUT2D eigenvalue weighted by Gasteiger charge is 2.16. The number of ether oxygens (including phenoxy) is 1. The molecule has 1 heterocycles. The van der Waals surface area contributed by atoms with Gasteiger partial charge in [-0.05, 0) is 25.5 Å². The number of benzene rings is 1. The second kappa shape index (κ2) is 6.18. The standard InChI is InChI=1S/C14H17N3O3/c1-3-6-12-15-13(14(18)19)16-17(12)10-7-5-8-11(9-10)20-4-2/h5,7-9H,3-4,6H2,1-2H3,(H,18,19). The summed E-state index contributed by atoms with van der Waals surface area (Å²) in [5, 5.41) is 13.1. The maximum absolute atomic E-state index is 11.0. The highest BCUT2D eigenvalue weighted by atomic mass is 16.5. The zero-order valence-electron chi connectivity index (χ0n) is 11.5. The summed E-state index contributed by atoms with van der Waals surface area (Å²) in [4.78, 5) is 15.1. The van der Waals surface area contributed by atoms with E-state index in [4.69, 9.17) is 9.84 Å². The molecule has 0 saturated carbocycles. The first-order valence-corrected chi connectivity index (χ1v) is 6.58. The molecule has 1 aromatic heterocycles. The summed E-state index contributed by atoms with van der Waals surface area (Å²) in [7, 11) is 0. The van der Waals surface area contributed by atoms with Crippen molar-refractivity contribution in [1.82, 2.24) is 14.8 Å². The van der Waals surface area contributed by atoms with Gasteiger partial charge in [-0.1, -0.05) is 13.0 Å². The van der Waals surface area contributed by atoms with Crippen molar-refractivity contribution >= 4 is 5.97 Å². The molecule has 0 spiro atoms. The summed E-state index contributed by atoms with van der Waals surface area (Å²) < 4.78 is 7.01. The summed E-state index contributed by atoms with van der Waals surface area (Å²) in [6.07, 6.45) is 1.53. The highest BCUT2D eigenvalue weighted by Crippen LogP contribution is 2.18. The number of hydrogen-bond donors (Lipinski definition) is 1. The lowest BCUT2D eigenvalue weighted by Gasteiger charge is -2.07. The Kier molecular flexibility index (Phi) is 4.34. The largest absolute Gasteiger partial charge is 0.494 e. The molecule has 0 atom stereocenters. The zero-order valence-corrected chi connectivity index (χ0v) is 11.5. The number of rotatable bonds is 6. The van der Waals surface area contributed by atoms with Gasteiger partial charge in [0.1, 0.15) is 11.6 Å². The van der Waals surface area contributed by atoms with Gasteiger partial charge < -0.3 is 9.84 Å². The number of aromatic carboxylic acids is 1. The summed E-state index contributed by atoms with van der Waals surface area (Å²) in [6.45, 7) is 4.49. The van der Waals surface area contributed by atoms with Crippen molar-refractivity contribution in [3.8, 4) is 11.4 Å². The second-order valence-electron chi connectivity index (χ2n) is 4.25. The number of aromatic nitrogens is 3. The molecule has 6 nitrogen and oxygen atoms in total. The minimum atomic E-state index is -1.12. The van der Waals surface area contributed by atoms with Gasteiger partial charge in [-0.3, -0.25) is 0 Å². The lowest BCUT2D eigenvalue weighted by atomic mass is 10.3. The summed E-state index contributed by atoms with van der Waals surface area (Å²) in [5.74, 6) is 0.0516. The zero-order chi connectivity index (χ0) is 14.5. The second-order valence-corrected chi connectivity index (χ2v) is 4.25. The Morgan fingerprint density at radius 1 is 1.40 bits per heavy atom. The van der Waals surface area contributed by atoms with Crippen LogP contribution in [0.3, 0.4) is 0 Å². The molecule has 1 aromatic carbocycles. The van der Waals surface area contributed by atoms with Crippen LogP contribution in [0.5, 0.6) is 5.75 Å². The molecule has 6 heteroatoms. The molecule has 20 heavy (non-hydrogen) atoms. The third-order valence-corrected chi connectivity index (χ3v) is 2.71. The molecule has 0 unspecified atom stereocenters. The van der Waals surface area contributed by atoms with E-state index in [2.05, 4.69) is 10.1 Å². The first-order valence-electron chi connectivity index (χ1n) is 6.58. The molecule has 0 aliphatic rings. The Hall–Kier alpha value is -2.37. The smallest absolute Gasteiger partial charge is 0.375 e. The third-order valence-electron chi connectivity index (χ3n) is 2.71. The third kappa shape index (κ3) is 2.96. The van der Waals surface area contributed by atoms with Crippen molar-refractivity contribution in [3.63, 3.8) is 0 Å². The van der Waals surface area contributed by atoms with Crippen LogP contribution in [0.15, 0.2) is 24.3 Å². The van der Waals surface area contributed by atoms with Crippen LogP contribution in [0.25, 0.3) is 5.69 Å². The van der Waals surface area contributed by atoms with Crippen LogP contribution in [0.1, 0.15) is 36.7 Å². The van der Waals surface area contributed by atoms with Crippen LogP contribution < -0.4 is 4.74 Å². The van der Waals surface area contributed by atoms with E-state index in [-0.39, 0.29) is 5.82 Å². The number of nitrogens with zero attached hydrogens (tertiary/aromatic N) is 3. The molecule has 1 N–H and O–H groups in total. The molecule has 0 aliphatic heterocycles. The van der Waals surface area contributed by atoms with Crippen molar-refractivity contribution in [2.24, 2.45) is 0 Å². The Labute approximate surface area is 117 Å². The molecule has 2 aromatic rings. The molecule has 2 rings (SSSR count). The Morgan fingerprint density at radius 2 is 2.20 bits per heavy atom. The fraction of sp³-hybridized carbons (Fsp3) is 0.357. The van der Waals surface area contributed by atoms with Gasteiger partial charge in [-0.15, -0.1) is 5.10 Å². The SMILES string of the molecule is CCCc1nc(C(=O)O)nn1-c1cccc(OCC)c1. The van der Waals surface area contributed by atoms with E-state index < -0.39 is 5.97 Å². The van der Waals surface area contributed by atoms with Gasteiger partial charge in [0.2, 0.25) is 0 Å². The summed E-state index contributed by atoms with van der Waals surface area (Å²) in [5.41, 5.74) is 0.749. The number of aryl methyl sites for hydroxylation is 1. The number of carbonyl (C=O) groups is 1. The lowest BCUT2D eigenvalue weighted by Crippen LogP contribution is -2.04. The number of carboxylic acid groups (broad SMARTS) is 1. The maximum atomic E-state index is 11.0. The van der Waals surface area contributed by atoms with Crippen LogP contribution in [-0.2, 0) is 6.42 Å². The van der Waals surface area contributed by atoms with Gasteiger partial charge >= 0.3 is 5.97 Å². The van der Waals surface area contributed by atoms with Crippen molar-refractivity contribution in [2.45, 2.75) is 26.7 Å². The van der Waals surface area contributed by atoms with Crippen LogP contribution >= 0.6 is 0 Å². The molecule has 0 fully saturated rings. The molecular weight excluding hydrogens is 258 g/mol. The Bertz CT molecular complexity index is 607. The molecule has 0 aliphatic carbocycles. The van der Waals surface area contributed by atoms with Crippen LogP contribution in [0, 0.1) is 0 Å². The Morgan fingerprint density at radius 3 is 2.85 bits per heavy atom. The van der Waals surface area contributed by atoms with Crippen molar-refractivity contribution in [1.29, 1.82) is 0 Å². The van der Waals surface area contributed by atoms with Gasteiger partial charge in [-0.2, -0.15) is 0 Å². The minimum absolute atomic E-state index is 0.185. The van der Waals surface area contributed by atoms with Gasteiger partial charge in [0, 0.05) is 12.5 Å². The minimum Gasteiger partial charge on any atom is -0.494 e. The topological polar surface area (TPSA) is 77.2 Å². The molecule has 0 bridgehead atoms. The number of carboxylic acids is 1. The van der Waals surface area contributed by atoms with Gasteiger partial charge in [0.15, 0.2) is 0 Å². The maximum Gasteiger partial charge on any atom is 0.375 e. The van der Waals surface area contributed by atoms with E-state index in [9.17, 15) is 4.79 Å². The number of hydrogen-bond acceptors (Lipinski definition) is 4. The molecule has 106 valence electrons. The lowest BCUT2D eigenvalue weighted by molar-refractivity contribution is 0.0683. The molecule has 0 saturated heterocycles. The fourth-order valence-corrected chi connectivity index (χ4v) is 1.90. The monoisotopic (exact) mass is 275 g/mol. The first-order chi connectivity index (χ1) is 9.65. The van der Waals surface area contributed by atoms with Gasteiger partial charge in [0.05, 0.1) is 12.3 Å². The highest BCUT2D eigenvalue weighted by molar-refractivity contribution is 5.83. The van der Waals surface area contributed by atoms with E-state index >= 15 is 0 Å².